The predicted molar refractivity (Wildman–Crippen MR) is 124 cm³/mol. The van der Waals surface area contributed by atoms with Gasteiger partial charge in [0.1, 0.15) is 11.5 Å². The predicted octanol–water partition coefficient (Wildman–Crippen LogP) is 4.21. The van der Waals surface area contributed by atoms with Crippen molar-refractivity contribution in [3.63, 3.8) is 0 Å². The van der Waals surface area contributed by atoms with Crippen LogP contribution in [0.15, 0.2) is 18.2 Å². The van der Waals surface area contributed by atoms with Gasteiger partial charge in [0.15, 0.2) is 5.65 Å². The molecular formula is C25H32N4O3. The van der Waals surface area contributed by atoms with E-state index in [0.717, 1.165) is 64.4 Å². The second kappa shape index (κ2) is 8.81. The minimum Gasteiger partial charge on any atom is -0.497 e. The molecule has 0 unspecified atom stereocenters. The number of hydrogen-bond acceptors (Lipinski definition) is 5. The summed E-state index contributed by atoms with van der Waals surface area (Å²) in [5.41, 5.74) is 6.23. The van der Waals surface area contributed by atoms with Gasteiger partial charge in [-0.15, -0.1) is 0 Å². The van der Waals surface area contributed by atoms with Crippen LogP contribution in [0.2, 0.25) is 0 Å². The van der Waals surface area contributed by atoms with E-state index >= 15 is 0 Å². The Morgan fingerprint density at radius 2 is 1.94 bits per heavy atom. The van der Waals surface area contributed by atoms with E-state index in [0.29, 0.717) is 12.8 Å². The fraction of sp³-hybridized carbons (Fsp3) is 0.480. The van der Waals surface area contributed by atoms with Gasteiger partial charge in [-0.25, -0.2) is 4.98 Å². The van der Waals surface area contributed by atoms with E-state index in [1.165, 1.54) is 5.56 Å². The Kier molecular flexibility index (Phi) is 6.09. The molecule has 7 heteroatoms. The normalized spacial score (nSPS) is 16.1. The largest absolute Gasteiger partial charge is 0.497 e. The van der Waals surface area contributed by atoms with Gasteiger partial charge in [-0.1, -0.05) is 0 Å². The number of aryl methyl sites for hydroxylation is 4. The van der Waals surface area contributed by atoms with E-state index in [1.54, 1.807) is 14.2 Å². The second-order valence-corrected chi connectivity index (χ2v) is 8.56. The molecule has 3 heterocycles. The van der Waals surface area contributed by atoms with Crippen molar-refractivity contribution in [1.29, 1.82) is 0 Å². The minimum absolute atomic E-state index is 0.0340. The zero-order valence-electron chi connectivity index (χ0n) is 19.9. The van der Waals surface area contributed by atoms with Gasteiger partial charge in [-0.2, -0.15) is 5.10 Å². The smallest absolute Gasteiger partial charge is 0.223 e. The second-order valence-electron chi connectivity index (χ2n) is 8.56. The lowest BCUT2D eigenvalue weighted by Gasteiger charge is -2.27. The molecule has 1 aromatic carbocycles. The number of fused-ring (bicyclic) bond motifs is 1. The lowest BCUT2D eigenvalue weighted by molar-refractivity contribution is -0.132. The van der Waals surface area contributed by atoms with Crippen LogP contribution in [-0.4, -0.2) is 46.3 Å². The first-order chi connectivity index (χ1) is 15.3. The first-order valence-electron chi connectivity index (χ1n) is 11.2. The number of aromatic nitrogens is 3. The summed E-state index contributed by atoms with van der Waals surface area (Å²) in [6.45, 7) is 6.93. The Morgan fingerprint density at radius 3 is 2.66 bits per heavy atom. The van der Waals surface area contributed by atoms with Crippen molar-refractivity contribution >= 4 is 16.9 Å². The van der Waals surface area contributed by atoms with Gasteiger partial charge >= 0.3 is 0 Å². The molecule has 1 fully saturated rings. The highest BCUT2D eigenvalue weighted by atomic mass is 16.5. The highest BCUT2D eigenvalue weighted by Gasteiger charge is 2.32. The molecule has 0 radical (unpaired) electrons. The summed E-state index contributed by atoms with van der Waals surface area (Å²) in [7, 11) is 5.23. The molecule has 1 atom stereocenters. The summed E-state index contributed by atoms with van der Waals surface area (Å²) in [5.74, 6) is 1.69. The zero-order valence-corrected chi connectivity index (χ0v) is 19.9. The van der Waals surface area contributed by atoms with Crippen LogP contribution in [0.5, 0.6) is 11.5 Å². The topological polar surface area (TPSA) is 69.5 Å². The van der Waals surface area contributed by atoms with E-state index in [4.69, 9.17) is 14.5 Å². The lowest BCUT2D eigenvalue weighted by Crippen LogP contribution is -2.31. The van der Waals surface area contributed by atoms with Crippen LogP contribution in [-0.2, 0) is 18.3 Å². The molecule has 4 rings (SSSR count). The number of carbonyl (C=O) groups is 1. The van der Waals surface area contributed by atoms with E-state index < -0.39 is 0 Å². The molecule has 32 heavy (non-hydrogen) atoms. The third-order valence-corrected chi connectivity index (χ3v) is 6.69. The third-order valence-electron chi connectivity index (χ3n) is 6.69. The van der Waals surface area contributed by atoms with Gasteiger partial charge in [0.2, 0.25) is 5.91 Å². The molecule has 2 aromatic heterocycles. The summed E-state index contributed by atoms with van der Waals surface area (Å²) in [6.07, 6.45) is 3.07. The summed E-state index contributed by atoms with van der Waals surface area (Å²) < 4.78 is 12.8. The third kappa shape index (κ3) is 3.80. The number of likely N-dealkylation sites (tertiary alicyclic amines) is 1. The van der Waals surface area contributed by atoms with Crippen LogP contribution in [0.1, 0.15) is 53.4 Å². The number of benzene rings is 1. The molecule has 1 aliphatic rings. The van der Waals surface area contributed by atoms with Gasteiger partial charge in [-0.3, -0.25) is 9.48 Å². The number of pyridine rings is 1. The minimum atomic E-state index is 0.0340. The Bertz CT molecular complexity index is 1170. The molecule has 170 valence electrons. The molecule has 0 saturated carbocycles. The van der Waals surface area contributed by atoms with Crippen molar-refractivity contribution in [1.82, 2.24) is 19.7 Å². The number of nitrogens with zero attached hydrogens (tertiary/aromatic N) is 4. The van der Waals surface area contributed by atoms with E-state index in [1.807, 2.05) is 48.7 Å². The first kappa shape index (κ1) is 22.1. The van der Waals surface area contributed by atoms with Crippen LogP contribution in [0.25, 0.3) is 11.0 Å². The van der Waals surface area contributed by atoms with Crippen molar-refractivity contribution in [2.45, 2.75) is 52.5 Å². The number of ether oxygens (including phenoxy) is 2. The number of amides is 1. The Balaban J connectivity index is 1.55. The fourth-order valence-corrected chi connectivity index (χ4v) is 5.09. The molecule has 1 aliphatic heterocycles. The van der Waals surface area contributed by atoms with Crippen molar-refractivity contribution in [3.05, 3.63) is 46.3 Å². The Morgan fingerprint density at radius 1 is 1.16 bits per heavy atom. The Labute approximate surface area is 189 Å². The number of hydrogen-bond donors (Lipinski definition) is 0. The standard InChI is InChI=1S/C25H32N4O3/c1-15-19(16(2)26-25-24(15)17(3)27-28(25)4)11-12-23(30)29-13-7-8-21(29)20-10-9-18(31-5)14-22(20)32-6/h9-10,14,21H,7-8,11-13H2,1-6H3/t21-/m0/s1. The highest BCUT2D eigenvalue weighted by Crippen LogP contribution is 2.39. The maximum absolute atomic E-state index is 13.3. The number of methoxy groups -OCH3 is 2. The average molecular weight is 437 g/mol. The molecule has 1 amide bonds. The van der Waals surface area contributed by atoms with Crippen molar-refractivity contribution in [2.24, 2.45) is 7.05 Å². The van der Waals surface area contributed by atoms with Crippen LogP contribution in [0.3, 0.4) is 0 Å². The monoisotopic (exact) mass is 436 g/mol. The molecule has 0 N–H and O–H groups in total. The zero-order chi connectivity index (χ0) is 23.0. The lowest BCUT2D eigenvalue weighted by atomic mass is 9.98. The van der Waals surface area contributed by atoms with Crippen molar-refractivity contribution < 1.29 is 14.3 Å². The quantitative estimate of drug-likeness (QED) is 0.579. The molecular weight excluding hydrogens is 404 g/mol. The molecule has 1 saturated heterocycles. The molecule has 0 aliphatic carbocycles. The van der Waals surface area contributed by atoms with Gasteiger partial charge in [0.25, 0.3) is 0 Å². The number of rotatable bonds is 6. The van der Waals surface area contributed by atoms with E-state index in [2.05, 4.69) is 12.0 Å². The SMILES string of the molecule is COc1ccc([C@@H]2CCCN2C(=O)CCc2c(C)nc3c(c(C)nn3C)c2C)c(OC)c1. The van der Waals surface area contributed by atoms with Crippen LogP contribution in [0, 0.1) is 20.8 Å². The summed E-state index contributed by atoms with van der Waals surface area (Å²) >= 11 is 0. The average Bonchev–Trinajstić information content (AvgIpc) is 3.37. The molecule has 7 nitrogen and oxygen atoms in total. The fourth-order valence-electron chi connectivity index (χ4n) is 5.09. The molecule has 0 bridgehead atoms. The van der Waals surface area contributed by atoms with Gasteiger partial charge in [0, 0.05) is 42.7 Å². The van der Waals surface area contributed by atoms with Gasteiger partial charge < -0.3 is 14.4 Å². The first-order valence-corrected chi connectivity index (χ1v) is 11.2. The van der Waals surface area contributed by atoms with Gasteiger partial charge in [-0.05, 0) is 63.3 Å². The van der Waals surface area contributed by atoms with Crippen molar-refractivity contribution in [3.8, 4) is 11.5 Å². The van der Waals surface area contributed by atoms with Crippen LogP contribution >= 0.6 is 0 Å². The summed E-state index contributed by atoms with van der Waals surface area (Å²) in [6, 6.07) is 5.88. The van der Waals surface area contributed by atoms with E-state index in [9.17, 15) is 4.79 Å². The van der Waals surface area contributed by atoms with Crippen LogP contribution in [0.4, 0.5) is 0 Å². The maximum Gasteiger partial charge on any atom is 0.223 e. The van der Waals surface area contributed by atoms with Crippen molar-refractivity contribution in [2.75, 3.05) is 20.8 Å². The van der Waals surface area contributed by atoms with E-state index in [-0.39, 0.29) is 11.9 Å². The highest BCUT2D eigenvalue weighted by molar-refractivity contribution is 5.84. The molecule has 0 spiro atoms. The van der Waals surface area contributed by atoms with Crippen LogP contribution < -0.4 is 9.47 Å². The molecule has 3 aromatic rings. The van der Waals surface area contributed by atoms with Gasteiger partial charge in [0.05, 0.1) is 26.0 Å². The number of carbonyl (C=O) groups excluding carboxylic acids is 1. The Hall–Kier alpha value is -3.09. The maximum atomic E-state index is 13.3. The summed E-state index contributed by atoms with van der Waals surface area (Å²) in [5, 5.41) is 5.62. The summed E-state index contributed by atoms with van der Waals surface area (Å²) in [4.78, 5) is 20.1.